The standard InChI is InChI=1S/C13H18N2O4/c1-3-19-11-7-5-4-6-10(11)14-12(17)13(18)15(2)8-9-16/h4-7,16H,3,8-9H2,1-2H3,(H,14,17). The van der Waals surface area contributed by atoms with Crippen molar-refractivity contribution in [2.24, 2.45) is 0 Å². The van der Waals surface area contributed by atoms with Crippen molar-refractivity contribution < 1.29 is 19.4 Å². The Balaban J connectivity index is 2.74. The van der Waals surface area contributed by atoms with Gasteiger partial charge in [-0.25, -0.2) is 0 Å². The number of hydrogen-bond acceptors (Lipinski definition) is 4. The van der Waals surface area contributed by atoms with Gasteiger partial charge in [-0.15, -0.1) is 0 Å². The second-order valence-corrected chi connectivity index (χ2v) is 3.83. The smallest absolute Gasteiger partial charge is 0.313 e. The summed E-state index contributed by atoms with van der Waals surface area (Å²) in [6, 6.07) is 6.88. The van der Waals surface area contributed by atoms with E-state index in [1.807, 2.05) is 6.92 Å². The first-order chi connectivity index (χ1) is 9.10. The SMILES string of the molecule is CCOc1ccccc1NC(=O)C(=O)N(C)CCO. The van der Waals surface area contributed by atoms with Gasteiger partial charge in [-0.1, -0.05) is 12.1 Å². The first kappa shape index (κ1) is 15.0. The molecule has 0 saturated heterocycles. The zero-order chi connectivity index (χ0) is 14.3. The van der Waals surface area contributed by atoms with Gasteiger partial charge in [0.1, 0.15) is 5.75 Å². The third kappa shape index (κ3) is 4.26. The van der Waals surface area contributed by atoms with Crippen molar-refractivity contribution in [1.82, 2.24) is 4.90 Å². The highest BCUT2D eigenvalue weighted by Gasteiger charge is 2.19. The van der Waals surface area contributed by atoms with E-state index in [2.05, 4.69) is 5.32 Å². The van der Waals surface area contributed by atoms with Crippen molar-refractivity contribution in [3.8, 4) is 5.75 Å². The number of hydrogen-bond donors (Lipinski definition) is 2. The molecule has 1 aromatic rings. The van der Waals surface area contributed by atoms with Gasteiger partial charge in [0.25, 0.3) is 0 Å². The Morgan fingerprint density at radius 2 is 2.05 bits per heavy atom. The Morgan fingerprint density at radius 3 is 2.68 bits per heavy atom. The predicted octanol–water partition coefficient (Wildman–Crippen LogP) is 0.474. The summed E-state index contributed by atoms with van der Waals surface area (Å²) in [4.78, 5) is 24.6. The minimum absolute atomic E-state index is 0.110. The molecule has 0 aliphatic carbocycles. The average Bonchev–Trinajstić information content (AvgIpc) is 2.40. The lowest BCUT2D eigenvalue weighted by Gasteiger charge is -2.16. The number of amides is 2. The highest BCUT2D eigenvalue weighted by atomic mass is 16.5. The number of aliphatic hydroxyl groups excluding tert-OH is 1. The van der Waals surface area contributed by atoms with Gasteiger partial charge in [-0.2, -0.15) is 0 Å². The van der Waals surface area contributed by atoms with Gasteiger partial charge >= 0.3 is 11.8 Å². The summed E-state index contributed by atoms with van der Waals surface area (Å²) in [6.45, 7) is 2.22. The highest BCUT2D eigenvalue weighted by molar-refractivity contribution is 6.39. The van der Waals surface area contributed by atoms with E-state index in [9.17, 15) is 9.59 Å². The number of rotatable bonds is 5. The molecule has 0 unspecified atom stereocenters. The summed E-state index contributed by atoms with van der Waals surface area (Å²) in [7, 11) is 1.45. The zero-order valence-corrected chi connectivity index (χ0v) is 11.0. The zero-order valence-electron chi connectivity index (χ0n) is 11.0. The van der Waals surface area contributed by atoms with Gasteiger partial charge < -0.3 is 20.1 Å². The molecule has 2 amide bonds. The molecule has 0 bridgehead atoms. The molecule has 19 heavy (non-hydrogen) atoms. The lowest BCUT2D eigenvalue weighted by molar-refractivity contribution is -0.142. The van der Waals surface area contributed by atoms with E-state index in [0.29, 0.717) is 18.0 Å². The fourth-order valence-electron chi connectivity index (χ4n) is 1.45. The van der Waals surface area contributed by atoms with Gasteiger partial charge in [-0.05, 0) is 19.1 Å². The molecule has 0 heterocycles. The molecule has 1 rings (SSSR count). The maximum absolute atomic E-state index is 11.7. The summed E-state index contributed by atoms with van der Waals surface area (Å²) >= 11 is 0. The molecule has 6 heteroatoms. The summed E-state index contributed by atoms with van der Waals surface area (Å²) in [6.07, 6.45) is 0. The molecular weight excluding hydrogens is 248 g/mol. The Bertz CT molecular complexity index is 448. The van der Waals surface area contributed by atoms with Crippen molar-refractivity contribution in [3.63, 3.8) is 0 Å². The number of benzene rings is 1. The summed E-state index contributed by atoms with van der Waals surface area (Å²) in [5.41, 5.74) is 0.445. The normalized spacial score (nSPS) is 9.84. The molecular formula is C13H18N2O4. The van der Waals surface area contributed by atoms with Gasteiger partial charge in [-0.3, -0.25) is 9.59 Å². The van der Waals surface area contributed by atoms with Crippen LogP contribution in [0.25, 0.3) is 0 Å². The average molecular weight is 266 g/mol. The van der Waals surface area contributed by atoms with E-state index in [4.69, 9.17) is 9.84 Å². The molecule has 0 fully saturated rings. The number of aliphatic hydroxyl groups is 1. The Kier molecular flexibility index (Phi) is 5.81. The molecule has 104 valence electrons. The topological polar surface area (TPSA) is 78.9 Å². The molecule has 0 aliphatic rings. The molecule has 0 spiro atoms. The van der Waals surface area contributed by atoms with Crippen molar-refractivity contribution in [3.05, 3.63) is 24.3 Å². The van der Waals surface area contributed by atoms with Crippen LogP contribution in [0, 0.1) is 0 Å². The van der Waals surface area contributed by atoms with E-state index in [1.54, 1.807) is 24.3 Å². The number of carbonyl (C=O) groups is 2. The van der Waals surface area contributed by atoms with E-state index in [-0.39, 0.29) is 13.2 Å². The Morgan fingerprint density at radius 1 is 1.37 bits per heavy atom. The van der Waals surface area contributed by atoms with Crippen LogP contribution in [-0.4, -0.2) is 48.6 Å². The minimum Gasteiger partial charge on any atom is -0.492 e. The molecule has 2 N–H and O–H groups in total. The van der Waals surface area contributed by atoms with Crippen LogP contribution >= 0.6 is 0 Å². The van der Waals surface area contributed by atoms with Crippen molar-refractivity contribution >= 4 is 17.5 Å². The van der Waals surface area contributed by atoms with Crippen molar-refractivity contribution in [1.29, 1.82) is 0 Å². The summed E-state index contributed by atoms with van der Waals surface area (Å²) < 4.78 is 5.35. The first-order valence-corrected chi connectivity index (χ1v) is 5.99. The number of nitrogens with one attached hydrogen (secondary N) is 1. The third-order valence-electron chi connectivity index (χ3n) is 2.41. The maximum atomic E-state index is 11.7. The van der Waals surface area contributed by atoms with E-state index < -0.39 is 11.8 Å². The molecule has 0 aliphatic heterocycles. The Hall–Kier alpha value is -2.08. The van der Waals surface area contributed by atoms with Crippen LogP contribution in [0.4, 0.5) is 5.69 Å². The van der Waals surface area contributed by atoms with Crippen LogP contribution < -0.4 is 10.1 Å². The van der Waals surface area contributed by atoms with Gasteiger partial charge in [0.15, 0.2) is 0 Å². The van der Waals surface area contributed by atoms with Crippen LogP contribution in [0.3, 0.4) is 0 Å². The van der Waals surface area contributed by atoms with Gasteiger partial charge in [0.2, 0.25) is 0 Å². The maximum Gasteiger partial charge on any atom is 0.313 e. The number of para-hydroxylation sites is 2. The number of anilines is 1. The second kappa shape index (κ2) is 7.38. The van der Waals surface area contributed by atoms with Gasteiger partial charge in [0.05, 0.1) is 18.9 Å². The second-order valence-electron chi connectivity index (χ2n) is 3.83. The fourth-order valence-corrected chi connectivity index (χ4v) is 1.45. The number of ether oxygens (including phenoxy) is 1. The number of carbonyl (C=O) groups excluding carboxylic acids is 2. The van der Waals surface area contributed by atoms with Crippen molar-refractivity contribution in [2.45, 2.75) is 6.92 Å². The van der Waals surface area contributed by atoms with Crippen LogP contribution in [0.5, 0.6) is 5.75 Å². The first-order valence-electron chi connectivity index (χ1n) is 5.99. The largest absolute Gasteiger partial charge is 0.492 e. The van der Waals surface area contributed by atoms with Gasteiger partial charge in [0, 0.05) is 13.6 Å². The molecule has 0 radical (unpaired) electrons. The highest BCUT2D eigenvalue weighted by Crippen LogP contribution is 2.23. The predicted molar refractivity (Wildman–Crippen MR) is 71.0 cm³/mol. The van der Waals surface area contributed by atoms with Crippen LogP contribution in [0.15, 0.2) is 24.3 Å². The fraction of sp³-hybridized carbons (Fsp3) is 0.385. The Labute approximate surface area is 112 Å². The van der Waals surface area contributed by atoms with Crippen LogP contribution in [0.2, 0.25) is 0 Å². The molecule has 6 nitrogen and oxygen atoms in total. The van der Waals surface area contributed by atoms with Crippen LogP contribution in [-0.2, 0) is 9.59 Å². The summed E-state index contributed by atoms with van der Waals surface area (Å²) in [5, 5.41) is 11.2. The number of likely N-dealkylation sites (N-methyl/N-ethyl adjacent to an activating group) is 1. The summed E-state index contributed by atoms with van der Waals surface area (Å²) in [5.74, 6) is -0.959. The minimum atomic E-state index is -0.761. The molecule has 0 aromatic heterocycles. The molecule has 0 saturated carbocycles. The van der Waals surface area contributed by atoms with E-state index >= 15 is 0 Å². The lowest BCUT2D eigenvalue weighted by atomic mass is 10.3. The quantitative estimate of drug-likeness (QED) is 0.760. The van der Waals surface area contributed by atoms with Crippen molar-refractivity contribution in [2.75, 3.05) is 32.1 Å². The third-order valence-corrected chi connectivity index (χ3v) is 2.41. The van der Waals surface area contributed by atoms with E-state index in [0.717, 1.165) is 4.90 Å². The lowest BCUT2D eigenvalue weighted by Crippen LogP contribution is -2.38. The molecule has 0 atom stereocenters. The number of nitrogens with zero attached hydrogens (tertiary/aromatic N) is 1. The molecule has 1 aromatic carbocycles. The van der Waals surface area contributed by atoms with E-state index in [1.165, 1.54) is 7.05 Å². The monoisotopic (exact) mass is 266 g/mol. The van der Waals surface area contributed by atoms with Crippen LogP contribution in [0.1, 0.15) is 6.92 Å².